The molecule has 3 aromatic carbocycles. The molecule has 6 aliphatic rings. The lowest BCUT2D eigenvalue weighted by Gasteiger charge is -2.35. The van der Waals surface area contributed by atoms with Gasteiger partial charge in [-0.05, 0) is 87.2 Å². The third-order valence-electron chi connectivity index (χ3n) is 15.8. The number of alkyl carbamates (subject to hydrolysis) is 1. The number of piperazine rings is 1. The number of imide groups is 2. The van der Waals surface area contributed by atoms with Crippen molar-refractivity contribution in [3.05, 3.63) is 77.0 Å². The number of phenols is 1. The number of ether oxygens (including phenoxy) is 5. The van der Waals surface area contributed by atoms with Gasteiger partial charge >= 0.3 is 12.1 Å². The standard InChI is InChI=1S/C56H60F2N10O11/c1-2-37-41(57)10-7-32-25-36(69)26-39(45(32)37)48-47(58)49-40(27-61-48)50(66-28-33-8-9-34(29-66)62-33)65-54(64-49)79-31-56-14-4-18-67(56)35(13-15-56)30-78-55(74)60-17-20-76-22-24-77-23-21-75-19-16-59-42-6-3-5-38-46(42)53(73)68(52(38)72)43-11-12-44(70)63-51(43)71/h1,3,5-7,10,25-27,33-35,43,59,62,69H,4,8-9,11-24,28-31H2,(H,60,74)(H,63,70,71)/t33?,34?,35-,43?,56?/m1/s1. The second kappa shape index (κ2) is 23.0. The summed E-state index contributed by atoms with van der Waals surface area (Å²) < 4.78 is 61.3. The minimum atomic E-state index is -1.05. The summed E-state index contributed by atoms with van der Waals surface area (Å²) in [5.74, 6) is -0.995. The summed E-state index contributed by atoms with van der Waals surface area (Å²) in [5, 5.41) is 23.5. The first kappa shape index (κ1) is 53.4. The lowest BCUT2D eigenvalue weighted by molar-refractivity contribution is -0.136. The van der Waals surface area contributed by atoms with Gasteiger partial charge in [0, 0.05) is 73.6 Å². The van der Waals surface area contributed by atoms with E-state index in [1.165, 1.54) is 36.5 Å². The molecule has 4 unspecified atom stereocenters. The van der Waals surface area contributed by atoms with Crippen LogP contribution < -0.4 is 30.9 Å². The number of aromatic nitrogens is 3. The van der Waals surface area contributed by atoms with Crippen molar-refractivity contribution in [3.8, 4) is 35.4 Å². The molecule has 0 spiro atoms. The van der Waals surface area contributed by atoms with Crippen molar-refractivity contribution >= 4 is 62.9 Å². The average molecular weight is 1090 g/mol. The Morgan fingerprint density at radius 3 is 2.44 bits per heavy atom. The smallest absolute Gasteiger partial charge is 0.407 e. The molecule has 21 nitrogen and oxygen atoms in total. The summed E-state index contributed by atoms with van der Waals surface area (Å²) in [6.45, 7) is 4.80. The molecule has 5 saturated heterocycles. The van der Waals surface area contributed by atoms with Crippen LogP contribution in [-0.2, 0) is 28.5 Å². The molecule has 23 heteroatoms. The van der Waals surface area contributed by atoms with Crippen LogP contribution in [0.3, 0.4) is 0 Å². The molecule has 6 aliphatic heterocycles. The zero-order chi connectivity index (χ0) is 54.8. The van der Waals surface area contributed by atoms with Crippen LogP contribution in [0.25, 0.3) is 32.9 Å². The summed E-state index contributed by atoms with van der Waals surface area (Å²) in [7, 11) is 0. The number of pyridine rings is 1. The molecule has 11 rings (SSSR count). The second-order valence-electron chi connectivity index (χ2n) is 20.7. The highest BCUT2D eigenvalue weighted by atomic mass is 19.1. The molecular formula is C56H60F2N10O11. The number of benzene rings is 3. The number of nitrogens with one attached hydrogen (secondary N) is 4. The van der Waals surface area contributed by atoms with E-state index in [-0.39, 0.29) is 120 Å². The molecule has 8 heterocycles. The first-order chi connectivity index (χ1) is 38.4. The monoisotopic (exact) mass is 1090 g/mol. The lowest BCUT2D eigenvalue weighted by atomic mass is 9.95. The van der Waals surface area contributed by atoms with Gasteiger partial charge in [0.15, 0.2) is 5.82 Å². The Kier molecular flexibility index (Phi) is 15.5. The number of nitrogens with zero attached hydrogens (tertiary/aromatic N) is 6. The molecule has 0 aliphatic carbocycles. The topological polar surface area (TPSA) is 248 Å². The maximum Gasteiger partial charge on any atom is 0.407 e. The van der Waals surface area contributed by atoms with E-state index >= 15 is 8.78 Å². The van der Waals surface area contributed by atoms with E-state index < -0.39 is 47.4 Å². The van der Waals surface area contributed by atoms with Crippen LogP contribution in [-0.4, -0.2) is 175 Å². The van der Waals surface area contributed by atoms with Gasteiger partial charge in [-0.3, -0.25) is 39.3 Å². The Labute approximate surface area is 453 Å². The molecule has 2 bridgehead atoms. The Morgan fingerprint density at radius 2 is 1.67 bits per heavy atom. The van der Waals surface area contributed by atoms with Crippen molar-refractivity contribution in [1.82, 2.24) is 40.7 Å². The number of fused-ring (bicyclic) bond motifs is 6. The summed E-state index contributed by atoms with van der Waals surface area (Å²) in [5.41, 5.74) is 0.296. The van der Waals surface area contributed by atoms with Gasteiger partial charge in [-0.25, -0.2) is 13.6 Å². The van der Waals surface area contributed by atoms with Gasteiger partial charge in [0.25, 0.3) is 11.8 Å². The number of phenolic OH excluding ortho intramolecular Hbond substituents is 1. The van der Waals surface area contributed by atoms with E-state index in [1.54, 1.807) is 12.1 Å². The molecular weight excluding hydrogens is 1030 g/mol. The highest BCUT2D eigenvalue weighted by molar-refractivity contribution is 6.25. The molecule has 0 radical (unpaired) electrons. The predicted octanol–water partition coefficient (Wildman–Crippen LogP) is 4.42. The van der Waals surface area contributed by atoms with Crippen molar-refractivity contribution < 1.29 is 61.5 Å². The molecule has 5 fully saturated rings. The number of carbonyl (C=O) groups is 5. The number of hydrogen-bond donors (Lipinski definition) is 5. The van der Waals surface area contributed by atoms with Crippen LogP contribution in [0.5, 0.6) is 11.8 Å². The summed E-state index contributed by atoms with van der Waals surface area (Å²) in [6.07, 6.45) is 12.2. The van der Waals surface area contributed by atoms with Crippen molar-refractivity contribution in [2.24, 2.45) is 0 Å². The highest BCUT2D eigenvalue weighted by Crippen LogP contribution is 2.44. The van der Waals surface area contributed by atoms with Crippen molar-refractivity contribution in [3.63, 3.8) is 0 Å². The van der Waals surface area contributed by atoms with Crippen LogP contribution in [0.15, 0.2) is 48.7 Å². The molecule has 5 atom stereocenters. The fourth-order valence-electron chi connectivity index (χ4n) is 12.1. The fraction of sp³-hybridized carbons (Fsp3) is 0.464. The number of hydrogen-bond acceptors (Lipinski definition) is 18. The average Bonchev–Trinajstić information content (AvgIpc) is 4.27. The minimum absolute atomic E-state index is 0.00264. The fourth-order valence-corrected chi connectivity index (χ4v) is 12.1. The van der Waals surface area contributed by atoms with Gasteiger partial charge in [0.05, 0.1) is 67.3 Å². The van der Waals surface area contributed by atoms with E-state index in [0.717, 1.165) is 50.0 Å². The van der Waals surface area contributed by atoms with Crippen LogP contribution in [0.2, 0.25) is 0 Å². The van der Waals surface area contributed by atoms with Crippen molar-refractivity contribution in [2.45, 2.75) is 81.1 Å². The second-order valence-corrected chi connectivity index (χ2v) is 20.7. The number of terminal acetylenes is 1. The predicted molar refractivity (Wildman–Crippen MR) is 283 cm³/mol. The van der Waals surface area contributed by atoms with E-state index in [2.05, 4.69) is 47.0 Å². The molecule has 5 amide bonds. The Bertz CT molecular complexity index is 3260. The number of carbonyl (C=O) groups excluding carboxylic acids is 5. The van der Waals surface area contributed by atoms with E-state index in [1.807, 2.05) is 0 Å². The molecule has 5 N–H and O–H groups in total. The van der Waals surface area contributed by atoms with Gasteiger partial charge in [-0.1, -0.05) is 18.1 Å². The number of aromatic hydroxyl groups is 1. The lowest BCUT2D eigenvalue weighted by Crippen LogP contribution is -2.54. The van der Waals surface area contributed by atoms with E-state index in [0.29, 0.717) is 68.3 Å². The van der Waals surface area contributed by atoms with E-state index in [9.17, 15) is 29.1 Å². The molecule has 414 valence electrons. The third kappa shape index (κ3) is 10.8. The van der Waals surface area contributed by atoms with Gasteiger partial charge < -0.3 is 49.6 Å². The molecule has 79 heavy (non-hydrogen) atoms. The Hall–Kier alpha value is -7.62. The number of halogens is 2. The first-order valence-corrected chi connectivity index (χ1v) is 26.8. The maximum absolute atomic E-state index is 17.2. The zero-order valence-electron chi connectivity index (χ0n) is 43.3. The quantitative estimate of drug-likeness (QED) is 0.0388. The number of piperidine rings is 1. The van der Waals surface area contributed by atoms with Gasteiger partial charge in [0.1, 0.15) is 47.9 Å². The first-order valence-electron chi connectivity index (χ1n) is 26.8. The number of amides is 5. The van der Waals surface area contributed by atoms with Crippen LogP contribution in [0.4, 0.5) is 25.1 Å². The van der Waals surface area contributed by atoms with Crippen LogP contribution in [0, 0.1) is 24.0 Å². The minimum Gasteiger partial charge on any atom is -0.508 e. The highest BCUT2D eigenvalue weighted by Gasteiger charge is 2.50. The van der Waals surface area contributed by atoms with Crippen molar-refractivity contribution in [1.29, 1.82) is 0 Å². The Morgan fingerprint density at radius 1 is 0.899 bits per heavy atom. The summed E-state index contributed by atoms with van der Waals surface area (Å²) >= 11 is 0. The van der Waals surface area contributed by atoms with Crippen LogP contribution >= 0.6 is 0 Å². The molecule has 2 aromatic heterocycles. The van der Waals surface area contributed by atoms with Crippen LogP contribution in [0.1, 0.15) is 77.6 Å². The summed E-state index contributed by atoms with van der Waals surface area (Å²) in [4.78, 5) is 82.7. The van der Waals surface area contributed by atoms with Gasteiger partial charge in [0.2, 0.25) is 11.8 Å². The number of rotatable bonds is 21. The van der Waals surface area contributed by atoms with Crippen molar-refractivity contribution in [2.75, 3.05) is 95.8 Å². The SMILES string of the molecule is C#Cc1c(F)ccc2cc(O)cc(-c3ncc4c(N5CC6CCC(C5)N6)nc(OCC56CCCN5[C@@H](COC(=O)NCCOCCOCCOCCNc5cccc7c5C(=O)N(C5CCC(=O)NC5=O)C7=O)CC6)nc4c3F)c12. The van der Waals surface area contributed by atoms with Gasteiger partial charge in [-0.15, -0.1) is 6.42 Å². The van der Waals surface area contributed by atoms with E-state index in [4.69, 9.17) is 35.1 Å². The molecule has 5 aromatic rings. The third-order valence-corrected chi connectivity index (χ3v) is 15.8. The van der Waals surface area contributed by atoms with Gasteiger partial charge in [-0.2, -0.15) is 9.97 Å². The Balaban J connectivity index is 0.619. The zero-order valence-corrected chi connectivity index (χ0v) is 43.3. The normalized spacial score (nSPS) is 22.6. The number of anilines is 2. The maximum atomic E-state index is 17.2. The molecule has 0 saturated carbocycles. The summed E-state index contributed by atoms with van der Waals surface area (Å²) in [6, 6.07) is 9.71. The largest absolute Gasteiger partial charge is 0.508 e.